The number of carbonyl (C=O) groups is 3. The Morgan fingerprint density at radius 1 is 1.29 bits per heavy atom. The monoisotopic (exact) mass is 336 g/mol. The Labute approximate surface area is 141 Å². The van der Waals surface area contributed by atoms with E-state index in [1.807, 2.05) is 6.07 Å². The maximum absolute atomic E-state index is 12.2. The van der Waals surface area contributed by atoms with Gasteiger partial charge in [0.1, 0.15) is 0 Å². The van der Waals surface area contributed by atoms with Gasteiger partial charge >= 0.3 is 5.97 Å². The number of hydrogen-bond donors (Lipinski definition) is 2. The number of rotatable bonds is 8. The summed E-state index contributed by atoms with van der Waals surface area (Å²) in [6, 6.07) is 5.85. The third-order valence-corrected chi connectivity index (χ3v) is 3.52. The molecule has 0 spiro atoms. The molecule has 7 nitrogen and oxygen atoms in total. The van der Waals surface area contributed by atoms with Crippen LogP contribution in [0.1, 0.15) is 28.8 Å². The lowest BCUT2D eigenvalue weighted by Gasteiger charge is -2.14. The Hall–Kier alpha value is -2.41. The number of nitrogens with zero attached hydrogens (tertiary/aromatic N) is 1. The fourth-order valence-electron chi connectivity index (χ4n) is 2.10. The molecule has 1 rings (SSSR count). The number of aliphatic hydroxyl groups is 1. The van der Waals surface area contributed by atoms with Gasteiger partial charge in [0, 0.05) is 26.1 Å². The van der Waals surface area contributed by atoms with Crippen LogP contribution in [0.4, 0.5) is 0 Å². The first-order valence-corrected chi connectivity index (χ1v) is 7.67. The number of benzene rings is 1. The maximum Gasteiger partial charge on any atom is 0.330 e. The number of nitrogens with one attached hydrogen (secondary N) is 1. The molecule has 1 aromatic carbocycles. The molecule has 1 atom stereocenters. The summed E-state index contributed by atoms with van der Waals surface area (Å²) in [5, 5.41) is 11.6. The minimum atomic E-state index is -1.09. The van der Waals surface area contributed by atoms with Crippen molar-refractivity contribution in [2.45, 2.75) is 25.3 Å². The van der Waals surface area contributed by atoms with Gasteiger partial charge in [-0.05, 0) is 30.5 Å². The molecule has 0 aliphatic heterocycles. The normalized spacial score (nSPS) is 11.5. The topological polar surface area (TPSA) is 95.9 Å². The highest BCUT2D eigenvalue weighted by atomic mass is 16.5. The fraction of sp³-hybridized carbons (Fsp3) is 0.471. The van der Waals surface area contributed by atoms with Crippen LogP contribution in [0, 0.1) is 0 Å². The van der Waals surface area contributed by atoms with E-state index in [-0.39, 0.29) is 5.91 Å². The van der Waals surface area contributed by atoms with Crippen molar-refractivity contribution in [2.75, 3.05) is 27.8 Å². The van der Waals surface area contributed by atoms with Crippen LogP contribution in [0.25, 0.3) is 0 Å². The molecule has 132 valence electrons. The van der Waals surface area contributed by atoms with E-state index in [9.17, 15) is 14.4 Å². The second-order valence-corrected chi connectivity index (χ2v) is 5.57. The molecule has 0 aliphatic carbocycles. The summed E-state index contributed by atoms with van der Waals surface area (Å²) in [5.41, 5.74) is 1.31. The summed E-state index contributed by atoms with van der Waals surface area (Å²) < 4.78 is 4.51. The van der Waals surface area contributed by atoms with E-state index in [2.05, 4.69) is 10.1 Å². The van der Waals surface area contributed by atoms with E-state index >= 15 is 0 Å². The van der Waals surface area contributed by atoms with E-state index in [0.29, 0.717) is 24.8 Å². The highest BCUT2D eigenvalue weighted by Crippen LogP contribution is 2.10. The first-order valence-electron chi connectivity index (χ1n) is 7.67. The summed E-state index contributed by atoms with van der Waals surface area (Å²) in [4.78, 5) is 36.7. The van der Waals surface area contributed by atoms with Crippen molar-refractivity contribution in [1.82, 2.24) is 10.2 Å². The molecule has 24 heavy (non-hydrogen) atoms. The van der Waals surface area contributed by atoms with Gasteiger partial charge in [0.2, 0.25) is 5.91 Å². The van der Waals surface area contributed by atoms with Gasteiger partial charge < -0.3 is 20.1 Å². The standard InChI is InChI=1S/C17H24N2O5/c1-19(2)15(21)9-5-7-12-6-4-8-13(10-12)16(22)18-14(11-20)17(23)24-3/h4,6,8,10,14,20H,5,7,9,11H2,1-3H3,(H,18,22)/t14-/m0/s1. The molecule has 1 aromatic rings. The molecule has 0 aromatic heterocycles. The second-order valence-electron chi connectivity index (χ2n) is 5.57. The third kappa shape index (κ3) is 6.00. The van der Waals surface area contributed by atoms with Crippen LogP contribution in [0.2, 0.25) is 0 Å². The molecule has 7 heteroatoms. The summed E-state index contributed by atoms with van der Waals surface area (Å²) in [6.45, 7) is -0.537. The van der Waals surface area contributed by atoms with Crippen LogP contribution in [-0.4, -0.2) is 61.6 Å². The summed E-state index contributed by atoms with van der Waals surface area (Å²) in [6.07, 6.45) is 1.79. The number of amides is 2. The number of methoxy groups -OCH3 is 1. The van der Waals surface area contributed by atoms with E-state index in [4.69, 9.17) is 5.11 Å². The number of aliphatic hydroxyl groups excluding tert-OH is 1. The van der Waals surface area contributed by atoms with Crippen molar-refractivity contribution < 1.29 is 24.2 Å². The van der Waals surface area contributed by atoms with Crippen LogP contribution in [0.5, 0.6) is 0 Å². The Kier molecular flexibility index (Phi) is 7.91. The first kappa shape index (κ1) is 19.6. The molecule has 0 saturated heterocycles. The zero-order valence-corrected chi connectivity index (χ0v) is 14.2. The van der Waals surface area contributed by atoms with Crippen molar-refractivity contribution in [3.05, 3.63) is 35.4 Å². The minimum Gasteiger partial charge on any atom is -0.467 e. The van der Waals surface area contributed by atoms with Gasteiger partial charge in [-0.1, -0.05) is 12.1 Å². The van der Waals surface area contributed by atoms with E-state index in [1.54, 1.807) is 37.2 Å². The van der Waals surface area contributed by atoms with Crippen LogP contribution in [0.3, 0.4) is 0 Å². The minimum absolute atomic E-state index is 0.0627. The van der Waals surface area contributed by atoms with Gasteiger partial charge in [-0.25, -0.2) is 4.79 Å². The highest BCUT2D eigenvalue weighted by molar-refractivity contribution is 5.96. The Morgan fingerprint density at radius 2 is 2.00 bits per heavy atom. The lowest BCUT2D eigenvalue weighted by atomic mass is 10.0. The lowest BCUT2D eigenvalue weighted by Crippen LogP contribution is -2.44. The number of ether oxygens (including phenoxy) is 1. The smallest absolute Gasteiger partial charge is 0.330 e. The maximum atomic E-state index is 12.2. The zero-order valence-electron chi connectivity index (χ0n) is 14.2. The Balaban J connectivity index is 2.65. The molecule has 0 unspecified atom stereocenters. The van der Waals surface area contributed by atoms with Crippen molar-refractivity contribution in [2.24, 2.45) is 0 Å². The van der Waals surface area contributed by atoms with Crippen molar-refractivity contribution >= 4 is 17.8 Å². The molecule has 2 N–H and O–H groups in total. The van der Waals surface area contributed by atoms with Gasteiger partial charge in [0.25, 0.3) is 5.91 Å². The van der Waals surface area contributed by atoms with E-state index in [0.717, 1.165) is 5.56 Å². The van der Waals surface area contributed by atoms with Crippen molar-refractivity contribution in [1.29, 1.82) is 0 Å². The number of esters is 1. The summed E-state index contributed by atoms with van der Waals surface area (Å²) in [5.74, 6) is -1.11. The van der Waals surface area contributed by atoms with Gasteiger partial charge in [-0.2, -0.15) is 0 Å². The molecular formula is C17H24N2O5. The quantitative estimate of drug-likeness (QED) is 0.668. The zero-order chi connectivity index (χ0) is 18.1. The molecular weight excluding hydrogens is 312 g/mol. The van der Waals surface area contributed by atoms with Gasteiger partial charge in [0.05, 0.1) is 13.7 Å². The fourth-order valence-corrected chi connectivity index (χ4v) is 2.10. The molecule has 0 bridgehead atoms. The predicted molar refractivity (Wildman–Crippen MR) is 88.4 cm³/mol. The van der Waals surface area contributed by atoms with Gasteiger partial charge in [-0.15, -0.1) is 0 Å². The van der Waals surface area contributed by atoms with E-state index < -0.39 is 24.5 Å². The highest BCUT2D eigenvalue weighted by Gasteiger charge is 2.21. The Bertz CT molecular complexity index is 586. The van der Waals surface area contributed by atoms with Gasteiger partial charge in [0.15, 0.2) is 6.04 Å². The molecule has 0 radical (unpaired) electrons. The first-order chi connectivity index (χ1) is 11.4. The lowest BCUT2D eigenvalue weighted by molar-refractivity contribution is -0.143. The third-order valence-electron chi connectivity index (χ3n) is 3.52. The van der Waals surface area contributed by atoms with Crippen molar-refractivity contribution in [3.63, 3.8) is 0 Å². The second kappa shape index (κ2) is 9.67. The average molecular weight is 336 g/mol. The van der Waals surface area contributed by atoms with Gasteiger partial charge in [-0.3, -0.25) is 9.59 Å². The largest absolute Gasteiger partial charge is 0.467 e. The summed E-state index contributed by atoms with van der Waals surface area (Å²) >= 11 is 0. The number of carbonyl (C=O) groups excluding carboxylic acids is 3. The molecule has 0 heterocycles. The number of aryl methyl sites for hydroxylation is 1. The Morgan fingerprint density at radius 3 is 2.58 bits per heavy atom. The number of hydrogen-bond acceptors (Lipinski definition) is 5. The molecule has 2 amide bonds. The SMILES string of the molecule is COC(=O)[C@H](CO)NC(=O)c1cccc(CCCC(=O)N(C)C)c1. The average Bonchev–Trinajstić information content (AvgIpc) is 2.58. The van der Waals surface area contributed by atoms with Crippen LogP contribution in [-0.2, 0) is 20.7 Å². The molecule has 0 fully saturated rings. The molecule has 0 saturated carbocycles. The van der Waals surface area contributed by atoms with Crippen LogP contribution < -0.4 is 5.32 Å². The molecule has 0 aliphatic rings. The van der Waals surface area contributed by atoms with Crippen LogP contribution in [0.15, 0.2) is 24.3 Å². The summed E-state index contributed by atoms with van der Waals surface area (Å²) in [7, 11) is 4.62. The van der Waals surface area contributed by atoms with Crippen molar-refractivity contribution in [3.8, 4) is 0 Å². The van der Waals surface area contributed by atoms with Crippen LogP contribution >= 0.6 is 0 Å². The van der Waals surface area contributed by atoms with E-state index in [1.165, 1.54) is 7.11 Å². The predicted octanol–water partition coefficient (Wildman–Crippen LogP) is 0.361.